The van der Waals surface area contributed by atoms with Crippen LogP contribution < -0.4 is 0 Å². The van der Waals surface area contributed by atoms with E-state index in [1.54, 1.807) is 6.20 Å². The van der Waals surface area contributed by atoms with E-state index in [0.29, 0.717) is 18.7 Å². The van der Waals surface area contributed by atoms with Crippen molar-refractivity contribution < 1.29 is 4.79 Å². The summed E-state index contributed by atoms with van der Waals surface area (Å²) >= 11 is 3.40. The lowest BCUT2D eigenvalue weighted by Gasteiger charge is -2.21. The molecule has 0 aliphatic rings. The molecular formula is C14H16BrN3O. The van der Waals surface area contributed by atoms with Gasteiger partial charge >= 0.3 is 0 Å². The Kier molecular flexibility index (Phi) is 4.74. The zero-order chi connectivity index (χ0) is 13.7. The van der Waals surface area contributed by atoms with Crippen molar-refractivity contribution in [2.24, 2.45) is 0 Å². The summed E-state index contributed by atoms with van der Waals surface area (Å²) in [5.41, 5.74) is 2.56. The Hall–Kier alpha value is -1.62. The van der Waals surface area contributed by atoms with Crippen LogP contribution in [0.25, 0.3) is 0 Å². The van der Waals surface area contributed by atoms with Crippen LogP contribution in [0.1, 0.15) is 21.6 Å². The molecule has 0 saturated carbocycles. The van der Waals surface area contributed by atoms with E-state index in [9.17, 15) is 4.79 Å². The number of aryl methyl sites for hydroxylation is 1. The number of carbonyl (C=O) groups is 1. The van der Waals surface area contributed by atoms with Gasteiger partial charge in [0, 0.05) is 24.1 Å². The molecular weight excluding hydrogens is 306 g/mol. The first-order valence-electron chi connectivity index (χ1n) is 6.11. The molecule has 1 amide bonds. The normalized spacial score (nSPS) is 10.4. The van der Waals surface area contributed by atoms with Gasteiger partial charge < -0.3 is 4.90 Å². The summed E-state index contributed by atoms with van der Waals surface area (Å²) in [4.78, 5) is 14.3. The van der Waals surface area contributed by atoms with Gasteiger partial charge in [0.15, 0.2) is 0 Å². The van der Waals surface area contributed by atoms with Crippen molar-refractivity contribution in [2.45, 2.75) is 13.5 Å². The Labute approximate surface area is 120 Å². The molecule has 2 aromatic rings. The Balaban J connectivity index is 2.16. The second-order valence-electron chi connectivity index (χ2n) is 4.31. The minimum Gasteiger partial charge on any atom is -0.333 e. The highest BCUT2D eigenvalue weighted by Crippen LogP contribution is 2.12. The quantitative estimate of drug-likeness (QED) is 0.861. The molecule has 0 radical (unpaired) electrons. The zero-order valence-electron chi connectivity index (χ0n) is 10.8. The second-order valence-corrected chi connectivity index (χ2v) is 5.10. The number of nitrogens with one attached hydrogen (secondary N) is 1. The van der Waals surface area contributed by atoms with Gasteiger partial charge in [-0.15, -0.1) is 0 Å². The summed E-state index contributed by atoms with van der Waals surface area (Å²) in [6, 6.07) is 9.98. The predicted octanol–water partition coefficient (Wildman–Crippen LogP) is 2.76. The number of amides is 1. The van der Waals surface area contributed by atoms with Gasteiger partial charge in [0.2, 0.25) is 0 Å². The highest BCUT2D eigenvalue weighted by atomic mass is 79.9. The highest BCUT2D eigenvalue weighted by Gasteiger charge is 2.18. The maximum Gasteiger partial charge on any atom is 0.257 e. The predicted molar refractivity (Wildman–Crippen MR) is 78.3 cm³/mol. The van der Waals surface area contributed by atoms with E-state index in [2.05, 4.69) is 26.1 Å². The molecule has 19 heavy (non-hydrogen) atoms. The fourth-order valence-electron chi connectivity index (χ4n) is 1.89. The first-order valence-corrected chi connectivity index (χ1v) is 7.23. The van der Waals surface area contributed by atoms with E-state index in [1.165, 1.54) is 0 Å². The fourth-order valence-corrected chi connectivity index (χ4v) is 2.32. The van der Waals surface area contributed by atoms with E-state index in [-0.39, 0.29) is 5.91 Å². The molecule has 0 bridgehead atoms. The number of benzene rings is 1. The van der Waals surface area contributed by atoms with Crippen molar-refractivity contribution in [2.75, 3.05) is 11.9 Å². The maximum absolute atomic E-state index is 12.5. The van der Waals surface area contributed by atoms with E-state index >= 15 is 0 Å². The van der Waals surface area contributed by atoms with Gasteiger partial charge in [-0.25, -0.2) is 0 Å². The van der Waals surface area contributed by atoms with Crippen molar-refractivity contribution >= 4 is 21.8 Å². The third-order valence-corrected chi connectivity index (χ3v) is 3.27. The highest BCUT2D eigenvalue weighted by molar-refractivity contribution is 9.09. The van der Waals surface area contributed by atoms with Crippen LogP contribution in [0, 0.1) is 6.92 Å². The number of hydrogen-bond acceptors (Lipinski definition) is 2. The first kappa shape index (κ1) is 13.8. The monoisotopic (exact) mass is 321 g/mol. The smallest absolute Gasteiger partial charge is 0.257 e. The van der Waals surface area contributed by atoms with Gasteiger partial charge in [-0.05, 0) is 12.5 Å². The first-order chi connectivity index (χ1) is 9.22. The van der Waals surface area contributed by atoms with Crippen LogP contribution in [0.2, 0.25) is 0 Å². The minimum absolute atomic E-state index is 0.00885. The summed E-state index contributed by atoms with van der Waals surface area (Å²) in [7, 11) is 0. The Morgan fingerprint density at radius 3 is 2.68 bits per heavy atom. The van der Waals surface area contributed by atoms with Crippen LogP contribution in [-0.4, -0.2) is 32.9 Å². The van der Waals surface area contributed by atoms with Gasteiger partial charge in [-0.1, -0.05) is 46.3 Å². The SMILES string of the molecule is Cc1[nH]ncc1C(=O)N(CCBr)Cc1ccccc1. The van der Waals surface area contributed by atoms with Crippen molar-refractivity contribution in [3.05, 3.63) is 53.3 Å². The molecule has 0 unspecified atom stereocenters. The number of halogens is 1. The summed E-state index contributed by atoms with van der Waals surface area (Å²) in [5, 5.41) is 7.46. The topological polar surface area (TPSA) is 49.0 Å². The lowest BCUT2D eigenvalue weighted by Crippen LogP contribution is -2.32. The number of hydrogen-bond donors (Lipinski definition) is 1. The molecule has 0 fully saturated rings. The molecule has 0 aliphatic carbocycles. The largest absolute Gasteiger partial charge is 0.333 e. The average Bonchev–Trinajstić information content (AvgIpc) is 2.85. The van der Waals surface area contributed by atoms with Crippen LogP contribution in [0.15, 0.2) is 36.5 Å². The number of alkyl halides is 1. The van der Waals surface area contributed by atoms with Crippen molar-refractivity contribution in [1.82, 2.24) is 15.1 Å². The van der Waals surface area contributed by atoms with Gasteiger partial charge in [0.05, 0.1) is 11.8 Å². The molecule has 4 nitrogen and oxygen atoms in total. The third-order valence-electron chi connectivity index (χ3n) is 2.92. The number of H-pyrrole nitrogens is 1. The standard InChI is InChI=1S/C14H16BrN3O/c1-11-13(9-16-17-11)14(19)18(8-7-15)10-12-5-3-2-4-6-12/h2-6,9H,7-8,10H2,1H3,(H,16,17). The fraction of sp³-hybridized carbons (Fsp3) is 0.286. The van der Waals surface area contributed by atoms with E-state index in [0.717, 1.165) is 16.6 Å². The van der Waals surface area contributed by atoms with Crippen molar-refractivity contribution in [3.8, 4) is 0 Å². The zero-order valence-corrected chi connectivity index (χ0v) is 12.4. The van der Waals surface area contributed by atoms with Crippen LogP contribution in [0.4, 0.5) is 0 Å². The Bertz CT molecular complexity index is 539. The van der Waals surface area contributed by atoms with Gasteiger partial charge in [-0.3, -0.25) is 9.89 Å². The van der Waals surface area contributed by atoms with Gasteiger partial charge in [0.1, 0.15) is 0 Å². The second kappa shape index (κ2) is 6.52. The van der Waals surface area contributed by atoms with Crippen LogP contribution in [-0.2, 0) is 6.54 Å². The van der Waals surface area contributed by atoms with E-state index in [1.807, 2.05) is 42.2 Å². The molecule has 1 heterocycles. The van der Waals surface area contributed by atoms with Crippen LogP contribution in [0.5, 0.6) is 0 Å². The number of carbonyl (C=O) groups excluding carboxylic acids is 1. The molecule has 1 aromatic heterocycles. The van der Waals surface area contributed by atoms with Crippen LogP contribution in [0.3, 0.4) is 0 Å². The van der Waals surface area contributed by atoms with E-state index < -0.39 is 0 Å². The minimum atomic E-state index is 0.00885. The van der Waals surface area contributed by atoms with E-state index in [4.69, 9.17) is 0 Å². The number of aromatic amines is 1. The van der Waals surface area contributed by atoms with Crippen molar-refractivity contribution in [1.29, 1.82) is 0 Å². The van der Waals surface area contributed by atoms with Gasteiger partial charge in [-0.2, -0.15) is 5.10 Å². The maximum atomic E-state index is 12.5. The molecule has 0 saturated heterocycles. The summed E-state index contributed by atoms with van der Waals surface area (Å²) in [6.45, 7) is 3.13. The average molecular weight is 322 g/mol. The Morgan fingerprint density at radius 2 is 2.11 bits per heavy atom. The molecule has 0 spiro atoms. The molecule has 5 heteroatoms. The molecule has 0 atom stereocenters. The lowest BCUT2D eigenvalue weighted by atomic mass is 10.2. The number of rotatable bonds is 5. The third kappa shape index (κ3) is 3.44. The van der Waals surface area contributed by atoms with Crippen molar-refractivity contribution in [3.63, 3.8) is 0 Å². The number of aromatic nitrogens is 2. The molecule has 100 valence electrons. The number of nitrogens with zero attached hydrogens (tertiary/aromatic N) is 2. The Morgan fingerprint density at radius 1 is 1.37 bits per heavy atom. The van der Waals surface area contributed by atoms with Crippen LogP contribution >= 0.6 is 15.9 Å². The lowest BCUT2D eigenvalue weighted by molar-refractivity contribution is 0.0754. The molecule has 2 rings (SSSR count). The summed E-state index contributed by atoms with van der Waals surface area (Å²) in [6.07, 6.45) is 1.59. The summed E-state index contributed by atoms with van der Waals surface area (Å²) < 4.78 is 0. The summed E-state index contributed by atoms with van der Waals surface area (Å²) in [5.74, 6) is 0.00885. The molecule has 1 aromatic carbocycles. The molecule has 1 N–H and O–H groups in total. The molecule has 0 aliphatic heterocycles. The van der Waals surface area contributed by atoms with Gasteiger partial charge in [0.25, 0.3) is 5.91 Å².